The molecule has 1 aliphatic heterocycles. The molecule has 0 saturated carbocycles. The molecule has 0 bridgehead atoms. The first-order valence-corrected chi connectivity index (χ1v) is 11.2. The van der Waals surface area contributed by atoms with Crippen molar-refractivity contribution >= 4 is 28.3 Å². The number of aromatic amines is 1. The molecule has 0 atom stereocenters. The second kappa shape index (κ2) is 9.58. The van der Waals surface area contributed by atoms with Gasteiger partial charge in [-0.05, 0) is 41.5 Å². The van der Waals surface area contributed by atoms with E-state index in [9.17, 15) is 4.79 Å². The normalized spacial score (nSPS) is 14.3. The topological polar surface area (TPSA) is 99.3 Å². The largest absolute Gasteiger partial charge is 0.379 e. The van der Waals surface area contributed by atoms with E-state index in [0.29, 0.717) is 11.4 Å². The minimum absolute atomic E-state index is 0.290. The van der Waals surface area contributed by atoms with Crippen LogP contribution in [0.25, 0.3) is 22.0 Å². The van der Waals surface area contributed by atoms with Gasteiger partial charge in [-0.3, -0.25) is 19.8 Å². The maximum Gasteiger partial charge on any atom is 0.276 e. The molecule has 9 nitrogen and oxygen atoms in total. The highest BCUT2D eigenvalue weighted by Crippen LogP contribution is 2.26. The summed E-state index contributed by atoms with van der Waals surface area (Å²) in [6, 6.07) is 11.8. The number of H-pyrrole nitrogens is 1. The molecule has 1 amide bonds. The van der Waals surface area contributed by atoms with Crippen LogP contribution in [-0.4, -0.2) is 71.4 Å². The third kappa shape index (κ3) is 4.75. The van der Waals surface area contributed by atoms with Crippen LogP contribution in [0.5, 0.6) is 0 Å². The number of fused-ring (bicyclic) bond motifs is 1. The lowest BCUT2D eigenvalue weighted by atomic mass is 10.0. The number of hydrogen-bond donors (Lipinski definition) is 2. The number of aromatic nitrogens is 4. The van der Waals surface area contributed by atoms with Gasteiger partial charge in [-0.2, -0.15) is 5.10 Å². The summed E-state index contributed by atoms with van der Waals surface area (Å²) in [6.45, 7) is 4.23. The third-order valence-electron chi connectivity index (χ3n) is 5.88. The molecule has 1 aromatic carbocycles. The Kier molecular flexibility index (Phi) is 6.20. The average Bonchev–Trinajstić information content (AvgIpc) is 3.29. The molecule has 9 heteroatoms. The minimum Gasteiger partial charge on any atom is -0.379 e. The molecule has 2 N–H and O–H groups in total. The Balaban J connectivity index is 1.37. The lowest BCUT2D eigenvalue weighted by Gasteiger charge is -2.26. The summed E-state index contributed by atoms with van der Waals surface area (Å²) in [5.41, 5.74) is 4.89. The number of ether oxygens (including phenoxy) is 1. The molecular formula is C25H27N7O2. The van der Waals surface area contributed by atoms with E-state index >= 15 is 0 Å². The van der Waals surface area contributed by atoms with Gasteiger partial charge < -0.3 is 15.0 Å². The van der Waals surface area contributed by atoms with Crippen LogP contribution in [0.1, 0.15) is 16.1 Å². The van der Waals surface area contributed by atoms with Crippen molar-refractivity contribution in [1.29, 1.82) is 0 Å². The number of anilines is 2. The van der Waals surface area contributed by atoms with Crippen molar-refractivity contribution in [2.75, 3.05) is 50.6 Å². The van der Waals surface area contributed by atoms with Crippen molar-refractivity contribution in [2.24, 2.45) is 0 Å². The zero-order valence-electron chi connectivity index (χ0n) is 19.3. The lowest BCUT2D eigenvalue weighted by molar-refractivity contribution is 0.0341. The highest BCUT2D eigenvalue weighted by molar-refractivity contribution is 6.11. The van der Waals surface area contributed by atoms with Crippen molar-refractivity contribution in [3.63, 3.8) is 0 Å². The number of hydrogen-bond acceptors (Lipinski definition) is 7. The van der Waals surface area contributed by atoms with Gasteiger partial charge in [0.15, 0.2) is 5.69 Å². The van der Waals surface area contributed by atoms with Crippen molar-refractivity contribution < 1.29 is 9.53 Å². The zero-order valence-corrected chi connectivity index (χ0v) is 19.3. The molecule has 34 heavy (non-hydrogen) atoms. The van der Waals surface area contributed by atoms with Crippen LogP contribution >= 0.6 is 0 Å². The molecule has 5 rings (SSSR count). The highest BCUT2D eigenvalue weighted by Gasteiger charge is 2.16. The molecular weight excluding hydrogens is 430 g/mol. The number of carbonyl (C=O) groups excluding carboxylic acids is 1. The quantitative estimate of drug-likeness (QED) is 0.459. The number of rotatable bonds is 6. The van der Waals surface area contributed by atoms with E-state index in [2.05, 4.69) is 36.4 Å². The molecule has 0 aliphatic carbocycles. The number of nitrogens with zero attached hydrogens (tertiary/aromatic N) is 5. The Morgan fingerprint density at radius 2 is 1.94 bits per heavy atom. The van der Waals surface area contributed by atoms with Crippen LogP contribution in [0.3, 0.4) is 0 Å². The number of pyridine rings is 2. The molecule has 0 unspecified atom stereocenters. The number of carbonyl (C=O) groups is 1. The maximum atomic E-state index is 13.0. The van der Waals surface area contributed by atoms with E-state index in [1.54, 1.807) is 6.20 Å². The highest BCUT2D eigenvalue weighted by atomic mass is 16.5. The Morgan fingerprint density at radius 3 is 2.71 bits per heavy atom. The monoisotopic (exact) mass is 457 g/mol. The van der Waals surface area contributed by atoms with Gasteiger partial charge >= 0.3 is 0 Å². The third-order valence-corrected chi connectivity index (χ3v) is 5.88. The second-order valence-electron chi connectivity index (χ2n) is 8.56. The van der Waals surface area contributed by atoms with Gasteiger partial charge in [-0.1, -0.05) is 6.07 Å². The van der Waals surface area contributed by atoms with Crippen molar-refractivity contribution in [2.45, 2.75) is 6.54 Å². The molecule has 1 saturated heterocycles. The van der Waals surface area contributed by atoms with Crippen molar-refractivity contribution in [3.05, 3.63) is 66.2 Å². The predicted molar refractivity (Wildman–Crippen MR) is 132 cm³/mol. The van der Waals surface area contributed by atoms with E-state index in [4.69, 9.17) is 4.74 Å². The maximum absolute atomic E-state index is 13.0. The van der Waals surface area contributed by atoms with E-state index in [0.717, 1.165) is 66.3 Å². The SMILES string of the molecule is CN(C)c1ccc(NC(=O)c2n[nH]c3ccc(-c4cncc(CN5CCOCC5)c4)cc23)cn1. The molecule has 4 aromatic rings. The van der Waals surface area contributed by atoms with Crippen molar-refractivity contribution in [1.82, 2.24) is 25.1 Å². The van der Waals surface area contributed by atoms with E-state index < -0.39 is 0 Å². The fourth-order valence-corrected chi connectivity index (χ4v) is 4.03. The number of benzene rings is 1. The summed E-state index contributed by atoms with van der Waals surface area (Å²) < 4.78 is 5.44. The molecule has 0 spiro atoms. The Morgan fingerprint density at radius 1 is 1.09 bits per heavy atom. The molecule has 174 valence electrons. The molecule has 1 aliphatic rings. The van der Waals surface area contributed by atoms with Gasteiger partial charge in [-0.15, -0.1) is 0 Å². The van der Waals surface area contributed by atoms with E-state index in [1.807, 2.05) is 61.7 Å². The number of nitrogens with one attached hydrogen (secondary N) is 2. The Bertz CT molecular complexity index is 1290. The first-order chi connectivity index (χ1) is 16.6. The van der Waals surface area contributed by atoms with E-state index in [1.165, 1.54) is 0 Å². The summed E-state index contributed by atoms with van der Waals surface area (Å²) in [4.78, 5) is 26.0. The minimum atomic E-state index is -0.290. The van der Waals surface area contributed by atoms with Gasteiger partial charge in [-0.25, -0.2) is 4.98 Å². The van der Waals surface area contributed by atoms with Gasteiger partial charge in [0.25, 0.3) is 5.91 Å². The van der Waals surface area contributed by atoms with E-state index in [-0.39, 0.29) is 5.91 Å². The lowest BCUT2D eigenvalue weighted by Crippen LogP contribution is -2.35. The van der Waals surface area contributed by atoms with Crippen LogP contribution in [0, 0.1) is 0 Å². The van der Waals surface area contributed by atoms with Gasteiger partial charge in [0.05, 0.1) is 30.6 Å². The predicted octanol–water partition coefficient (Wildman–Crippen LogP) is 3.17. The zero-order chi connectivity index (χ0) is 23.5. The second-order valence-corrected chi connectivity index (χ2v) is 8.56. The van der Waals surface area contributed by atoms with Crippen LogP contribution in [0.15, 0.2) is 55.0 Å². The number of morpholine rings is 1. The first kappa shape index (κ1) is 22.0. The molecule has 0 radical (unpaired) electrons. The summed E-state index contributed by atoms with van der Waals surface area (Å²) in [5.74, 6) is 0.527. The number of amides is 1. The average molecular weight is 458 g/mol. The smallest absolute Gasteiger partial charge is 0.276 e. The summed E-state index contributed by atoms with van der Waals surface area (Å²) >= 11 is 0. The first-order valence-electron chi connectivity index (χ1n) is 11.2. The Hall–Kier alpha value is -3.82. The fourth-order valence-electron chi connectivity index (χ4n) is 4.03. The van der Waals surface area contributed by atoms with Crippen LogP contribution < -0.4 is 10.2 Å². The molecule has 3 aromatic heterocycles. The van der Waals surface area contributed by atoms with Gasteiger partial charge in [0.1, 0.15) is 5.82 Å². The summed E-state index contributed by atoms with van der Waals surface area (Å²) in [7, 11) is 3.84. The Labute approximate surface area is 197 Å². The van der Waals surface area contributed by atoms with Gasteiger partial charge in [0, 0.05) is 57.1 Å². The van der Waals surface area contributed by atoms with Crippen LogP contribution in [-0.2, 0) is 11.3 Å². The molecule has 4 heterocycles. The van der Waals surface area contributed by atoms with Crippen molar-refractivity contribution in [3.8, 4) is 11.1 Å². The van der Waals surface area contributed by atoms with Gasteiger partial charge in [0.2, 0.25) is 0 Å². The van der Waals surface area contributed by atoms with Crippen LogP contribution in [0.2, 0.25) is 0 Å². The summed E-state index contributed by atoms with van der Waals surface area (Å²) in [6.07, 6.45) is 5.39. The summed E-state index contributed by atoms with van der Waals surface area (Å²) in [5, 5.41) is 10.9. The standard InChI is InChI=1S/C25H27N7O2/c1-31(2)23-6-4-20(15-27-23)28-25(33)24-21-12-18(3-5-22(21)29-30-24)19-11-17(13-26-14-19)16-32-7-9-34-10-8-32/h3-6,11-15H,7-10,16H2,1-2H3,(H,28,33)(H,29,30). The molecule has 1 fully saturated rings. The fraction of sp³-hybridized carbons (Fsp3) is 0.280. The van der Waals surface area contributed by atoms with Crippen LogP contribution in [0.4, 0.5) is 11.5 Å².